The summed E-state index contributed by atoms with van der Waals surface area (Å²) in [4.78, 5) is 6.75. The van der Waals surface area contributed by atoms with Crippen LogP contribution < -0.4 is 0 Å². The van der Waals surface area contributed by atoms with Crippen molar-refractivity contribution in [2.45, 2.75) is 6.92 Å². The first-order valence-corrected chi connectivity index (χ1v) is 4.38. The molecule has 0 aromatic carbocycles. The number of likely N-dealkylation sites (N-methyl/N-ethyl adjacent to an activating group) is 1. The molecule has 0 aromatic rings. The second kappa shape index (κ2) is 2.87. The summed E-state index contributed by atoms with van der Waals surface area (Å²) in [6.07, 6.45) is 6.46. The van der Waals surface area contributed by atoms with Crippen LogP contribution in [-0.2, 0) is 0 Å². The van der Waals surface area contributed by atoms with Gasteiger partial charge in [0.1, 0.15) is 0 Å². The molecular weight excluding hydrogens is 148 g/mol. The summed E-state index contributed by atoms with van der Waals surface area (Å²) in [5, 5.41) is 0. The molecule has 2 heterocycles. The quantitative estimate of drug-likeness (QED) is 0.526. The highest BCUT2D eigenvalue weighted by Crippen LogP contribution is 2.20. The first kappa shape index (κ1) is 7.74. The molecule has 2 aliphatic heterocycles. The fourth-order valence-electron chi connectivity index (χ4n) is 1.59. The predicted octanol–water partition coefficient (Wildman–Crippen LogP) is 1.46. The lowest BCUT2D eigenvalue weighted by molar-refractivity contribution is 0.425. The zero-order chi connectivity index (χ0) is 8.55. The van der Waals surface area contributed by atoms with Crippen molar-refractivity contribution in [1.29, 1.82) is 0 Å². The van der Waals surface area contributed by atoms with E-state index in [1.165, 1.54) is 11.3 Å². The van der Waals surface area contributed by atoms with E-state index in [4.69, 9.17) is 0 Å². The maximum Gasteiger partial charge on any atom is 0.0585 e. The van der Waals surface area contributed by atoms with Crippen LogP contribution >= 0.6 is 0 Å². The van der Waals surface area contributed by atoms with Gasteiger partial charge in [0, 0.05) is 25.2 Å². The first-order chi connectivity index (χ1) is 5.75. The highest BCUT2D eigenvalue weighted by molar-refractivity contribution is 5.66. The third-order valence-electron chi connectivity index (χ3n) is 2.30. The zero-order valence-corrected chi connectivity index (χ0v) is 7.62. The Morgan fingerprint density at radius 1 is 1.50 bits per heavy atom. The molecule has 0 saturated carbocycles. The van der Waals surface area contributed by atoms with Gasteiger partial charge in [-0.25, -0.2) is 0 Å². The Balaban J connectivity index is 2.26. The molecule has 1 unspecified atom stereocenters. The molecule has 12 heavy (non-hydrogen) atoms. The van der Waals surface area contributed by atoms with Crippen LogP contribution in [0.4, 0.5) is 0 Å². The molecule has 2 rings (SSSR count). The molecule has 0 saturated heterocycles. The first-order valence-electron chi connectivity index (χ1n) is 4.38. The van der Waals surface area contributed by atoms with Gasteiger partial charge in [0.25, 0.3) is 0 Å². The van der Waals surface area contributed by atoms with Crippen molar-refractivity contribution in [3.63, 3.8) is 0 Å². The molecule has 2 aliphatic rings. The number of hydrogen-bond acceptors (Lipinski definition) is 2. The minimum Gasteiger partial charge on any atom is -0.296 e. The van der Waals surface area contributed by atoms with Gasteiger partial charge in [-0.3, -0.25) is 9.89 Å². The second-order valence-corrected chi connectivity index (χ2v) is 3.64. The molecule has 1 atom stereocenters. The summed E-state index contributed by atoms with van der Waals surface area (Å²) in [5.41, 5.74) is 2.64. The van der Waals surface area contributed by atoms with E-state index in [1.54, 1.807) is 0 Å². The van der Waals surface area contributed by atoms with Crippen LogP contribution in [0.3, 0.4) is 0 Å². The zero-order valence-electron chi connectivity index (χ0n) is 7.62. The van der Waals surface area contributed by atoms with Crippen molar-refractivity contribution in [2.75, 3.05) is 20.1 Å². The van der Waals surface area contributed by atoms with Crippen LogP contribution in [0.15, 0.2) is 28.4 Å². The molecule has 0 radical (unpaired) electrons. The van der Waals surface area contributed by atoms with Crippen molar-refractivity contribution in [3.8, 4) is 0 Å². The van der Waals surface area contributed by atoms with Crippen LogP contribution in [0.1, 0.15) is 6.92 Å². The Bertz CT molecular complexity index is 248. The molecule has 0 fully saturated rings. The largest absolute Gasteiger partial charge is 0.296 e. The molecule has 0 aromatic heterocycles. The van der Waals surface area contributed by atoms with E-state index in [9.17, 15) is 0 Å². The van der Waals surface area contributed by atoms with Gasteiger partial charge in [-0.05, 0) is 12.6 Å². The Hall–Kier alpha value is -0.890. The molecule has 0 spiro atoms. The van der Waals surface area contributed by atoms with Gasteiger partial charge >= 0.3 is 0 Å². The lowest BCUT2D eigenvalue weighted by Crippen LogP contribution is -2.14. The average molecular weight is 162 g/mol. The lowest BCUT2D eigenvalue weighted by Gasteiger charge is -2.05. The fourth-order valence-corrected chi connectivity index (χ4v) is 1.59. The van der Waals surface area contributed by atoms with Crippen molar-refractivity contribution in [1.82, 2.24) is 4.90 Å². The third-order valence-corrected chi connectivity index (χ3v) is 2.30. The average Bonchev–Trinajstić information content (AvgIpc) is 2.31. The molecular formula is C10H14N2. The highest BCUT2D eigenvalue weighted by Gasteiger charge is 2.17. The number of nitrogens with zero attached hydrogens (tertiary/aromatic N) is 2. The molecule has 64 valence electrons. The van der Waals surface area contributed by atoms with Crippen LogP contribution in [0.25, 0.3) is 0 Å². The van der Waals surface area contributed by atoms with E-state index in [2.05, 4.69) is 36.0 Å². The Morgan fingerprint density at radius 3 is 3.17 bits per heavy atom. The summed E-state index contributed by atoms with van der Waals surface area (Å²) in [5.74, 6) is 0.487. The van der Waals surface area contributed by atoms with Crippen molar-refractivity contribution < 1.29 is 0 Å². The maximum atomic E-state index is 4.47. The van der Waals surface area contributed by atoms with Crippen molar-refractivity contribution in [2.24, 2.45) is 10.9 Å². The van der Waals surface area contributed by atoms with Crippen molar-refractivity contribution in [3.05, 3.63) is 23.4 Å². The normalized spacial score (nSPS) is 29.3. The Labute approximate surface area is 73.3 Å². The monoisotopic (exact) mass is 162 g/mol. The number of rotatable bonds is 0. The fraction of sp³-hybridized carbons (Fsp3) is 0.500. The highest BCUT2D eigenvalue weighted by atomic mass is 15.1. The van der Waals surface area contributed by atoms with E-state index < -0.39 is 0 Å². The Morgan fingerprint density at radius 2 is 2.33 bits per heavy atom. The number of allylic oxidation sites excluding steroid dienone is 1. The lowest BCUT2D eigenvalue weighted by atomic mass is 10.1. The summed E-state index contributed by atoms with van der Waals surface area (Å²) in [6.45, 7) is 4.21. The van der Waals surface area contributed by atoms with Gasteiger partial charge in [0.15, 0.2) is 0 Å². The molecule has 2 heteroatoms. The molecule has 0 bridgehead atoms. The topological polar surface area (TPSA) is 15.6 Å². The van der Waals surface area contributed by atoms with Crippen LogP contribution in [0.2, 0.25) is 0 Å². The van der Waals surface area contributed by atoms with E-state index in [-0.39, 0.29) is 0 Å². The molecule has 0 amide bonds. The van der Waals surface area contributed by atoms with Crippen molar-refractivity contribution >= 4 is 6.21 Å². The molecule has 0 N–H and O–H groups in total. The van der Waals surface area contributed by atoms with Crippen LogP contribution in [0.5, 0.6) is 0 Å². The van der Waals surface area contributed by atoms with E-state index in [0.29, 0.717) is 5.92 Å². The van der Waals surface area contributed by atoms with Gasteiger partial charge in [-0.1, -0.05) is 19.1 Å². The van der Waals surface area contributed by atoms with Crippen LogP contribution in [0, 0.1) is 5.92 Å². The maximum absolute atomic E-state index is 4.47. The van der Waals surface area contributed by atoms with Gasteiger partial charge < -0.3 is 0 Å². The van der Waals surface area contributed by atoms with E-state index in [1.807, 2.05) is 6.21 Å². The van der Waals surface area contributed by atoms with E-state index in [0.717, 1.165) is 13.1 Å². The summed E-state index contributed by atoms with van der Waals surface area (Å²) < 4.78 is 0. The number of hydrogen-bond donors (Lipinski definition) is 0. The summed E-state index contributed by atoms with van der Waals surface area (Å²) >= 11 is 0. The molecule has 2 nitrogen and oxygen atoms in total. The Kier molecular flexibility index (Phi) is 1.85. The molecule has 0 aliphatic carbocycles. The SMILES string of the molecule is CC1C=CC2=C(CN(C)C2)N=C1. The van der Waals surface area contributed by atoms with E-state index >= 15 is 0 Å². The minimum absolute atomic E-state index is 0.487. The van der Waals surface area contributed by atoms with Gasteiger partial charge in [0.05, 0.1) is 5.70 Å². The number of aliphatic imine (C=N–C) groups is 1. The van der Waals surface area contributed by atoms with Gasteiger partial charge in [-0.15, -0.1) is 0 Å². The van der Waals surface area contributed by atoms with Crippen LogP contribution in [-0.4, -0.2) is 31.3 Å². The second-order valence-electron chi connectivity index (χ2n) is 3.64. The third kappa shape index (κ3) is 1.34. The standard InChI is InChI=1S/C10H14N2/c1-8-3-4-9-6-12(2)7-10(9)11-5-8/h3-5,8H,6-7H2,1-2H3. The summed E-state index contributed by atoms with van der Waals surface area (Å²) in [6, 6.07) is 0. The predicted molar refractivity (Wildman–Crippen MR) is 51.3 cm³/mol. The smallest absolute Gasteiger partial charge is 0.0585 e. The van der Waals surface area contributed by atoms with Gasteiger partial charge in [0.2, 0.25) is 0 Å². The minimum atomic E-state index is 0.487. The van der Waals surface area contributed by atoms with Gasteiger partial charge in [-0.2, -0.15) is 0 Å². The summed E-state index contributed by atoms with van der Waals surface area (Å²) in [7, 11) is 2.13.